The van der Waals surface area contributed by atoms with E-state index < -0.39 is 0 Å². The maximum atomic E-state index is 4.48. The molecule has 0 amide bonds. The first kappa shape index (κ1) is 13.0. The molecule has 92 valence electrons. The molecule has 16 heavy (non-hydrogen) atoms. The molecule has 2 N–H and O–H groups in total. The zero-order valence-electron chi connectivity index (χ0n) is 11.0. The largest absolute Gasteiger partial charge is 0.348 e. The number of nitrogens with one attached hydrogen (secondary N) is 2. The van der Waals surface area contributed by atoms with Crippen LogP contribution in [0.15, 0.2) is 0 Å². The third kappa shape index (κ3) is 4.18. The van der Waals surface area contributed by atoms with E-state index in [1.165, 1.54) is 0 Å². The van der Waals surface area contributed by atoms with Crippen molar-refractivity contribution >= 4 is 5.95 Å². The summed E-state index contributed by atoms with van der Waals surface area (Å²) in [6, 6.07) is 0. The minimum absolute atomic E-state index is 0.00357. The first-order chi connectivity index (χ1) is 7.42. The van der Waals surface area contributed by atoms with Crippen molar-refractivity contribution < 1.29 is 0 Å². The van der Waals surface area contributed by atoms with Crippen LogP contribution >= 0.6 is 0 Å². The molecule has 0 aromatic carbocycles. The van der Waals surface area contributed by atoms with Gasteiger partial charge in [0.05, 0.1) is 0 Å². The third-order valence-electron chi connectivity index (χ3n) is 2.17. The van der Waals surface area contributed by atoms with Crippen LogP contribution in [0.4, 0.5) is 5.95 Å². The summed E-state index contributed by atoms with van der Waals surface area (Å²) in [5, 5.41) is 10.8. The molecule has 0 aliphatic rings. The van der Waals surface area contributed by atoms with E-state index in [4.69, 9.17) is 0 Å². The van der Waals surface area contributed by atoms with Gasteiger partial charge in [0, 0.05) is 19.0 Å². The summed E-state index contributed by atoms with van der Waals surface area (Å²) >= 11 is 0. The summed E-state index contributed by atoms with van der Waals surface area (Å²) in [5.41, 5.74) is 0.00357. The summed E-state index contributed by atoms with van der Waals surface area (Å²) in [7, 11) is 3.90. The van der Waals surface area contributed by atoms with Crippen LogP contribution < -0.4 is 10.6 Å². The summed E-state index contributed by atoms with van der Waals surface area (Å²) in [6.07, 6.45) is 2.04. The van der Waals surface area contributed by atoms with Gasteiger partial charge in [-0.3, -0.25) is 4.68 Å². The Balaban J connectivity index is 2.59. The highest BCUT2D eigenvalue weighted by Gasteiger charge is 2.13. The van der Waals surface area contributed by atoms with Crippen LogP contribution in [0.2, 0.25) is 0 Å². The topological polar surface area (TPSA) is 54.8 Å². The van der Waals surface area contributed by atoms with Crippen molar-refractivity contribution in [2.24, 2.45) is 7.05 Å². The Kier molecular flexibility index (Phi) is 4.29. The lowest BCUT2D eigenvalue weighted by Crippen LogP contribution is -2.26. The summed E-state index contributed by atoms with van der Waals surface area (Å²) in [5.74, 6) is 1.75. The van der Waals surface area contributed by atoms with Crippen LogP contribution in [-0.4, -0.2) is 33.9 Å². The van der Waals surface area contributed by atoms with E-state index in [2.05, 4.69) is 41.5 Å². The Bertz CT molecular complexity index is 324. The third-order valence-corrected chi connectivity index (χ3v) is 2.17. The van der Waals surface area contributed by atoms with E-state index in [1.807, 2.05) is 18.8 Å². The number of hydrogen-bond acceptors (Lipinski definition) is 4. The van der Waals surface area contributed by atoms with Gasteiger partial charge in [-0.2, -0.15) is 4.98 Å². The van der Waals surface area contributed by atoms with E-state index >= 15 is 0 Å². The van der Waals surface area contributed by atoms with Gasteiger partial charge in [-0.15, -0.1) is 5.10 Å². The Labute approximate surface area is 97.6 Å². The Hall–Kier alpha value is -1.10. The second kappa shape index (κ2) is 5.30. The summed E-state index contributed by atoms with van der Waals surface area (Å²) in [4.78, 5) is 4.48. The summed E-state index contributed by atoms with van der Waals surface area (Å²) < 4.78 is 1.85. The van der Waals surface area contributed by atoms with Crippen LogP contribution in [0.25, 0.3) is 0 Å². The van der Waals surface area contributed by atoms with Gasteiger partial charge in [-0.1, -0.05) is 0 Å². The number of hydrogen-bond donors (Lipinski definition) is 2. The van der Waals surface area contributed by atoms with Crippen molar-refractivity contribution in [3.63, 3.8) is 0 Å². The number of aromatic nitrogens is 3. The minimum Gasteiger partial charge on any atom is -0.348 e. The van der Waals surface area contributed by atoms with E-state index in [9.17, 15) is 0 Å². The fraction of sp³-hybridized carbons (Fsp3) is 0.818. The molecular weight excluding hydrogens is 202 g/mol. The monoisotopic (exact) mass is 225 g/mol. The Morgan fingerprint density at radius 2 is 2.00 bits per heavy atom. The van der Waals surface area contributed by atoms with Gasteiger partial charge in [0.2, 0.25) is 5.95 Å². The van der Waals surface area contributed by atoms with Gasteiger partial charge in [-0.05, 0) is 40.8 Å². The standard InChI is InChI=1S/C11H23N5/c1-11(2,3)14-10-13-9(16(5)15-10)7-6-8-12-4/h12H,6-8H2,1-5H3,(H,14,15). The zero-order chi connectivity index (χ0) is 12.2. The lowest BCUT2D eigenvalue weighted by atomic mass is 10.1. The molecule has 5 nitrogen and oxygen atoms in total. The molecule has 1 aromatic heterocycles. The van der Waals surface area contributed by atoms with E-state index in [1.54, 1.807) is 0 Å². The lowest BCUT2D eigenvalue weighted by Gasteiger charge is -2.18. The molecule has 0 aliphatic carbocycles. The summed E-state index contributed by atoms with van der Waals surface area (Å²) in [6.45, 7) is 7.31. The van der Waals surface area contributed by atoms with Gasteiger partial charge < -0.3 is 10.6 Å². The molecule has 0 saturated carbocycles. The fourth-order valence-electron chi connectivity index (χ4n) is 1.45. The fourth-order valence-corrected chi connectivity index (χ4v) is 1.45. The average molecular weight is 225 g/mol. The van der Waals surface area contributed by atoms with Gasteiger partial charge in [0.1, 0.15) is 5.82 Å². The lowest BCUT2D eigenvalue weighted by molar-refractivity contribution is 0.622. The van der Waals surface area contributed by atoms with Crippen LogP contribution in [0.3, 0.4) is 0 Å². The molecule has 0 fully saturated rings. The van der Waals surface area contributed by atoms with E-state index in [0.717, 1.165) is 31.2 Å². The van der Waals surface area contributed by atoms with Gasteiger partial charge in [0.25, 0.3) is 0 Å². The SMILES string of the molecule is CNCCCc1nc(NC(C)(C)C)nn1C. The van der Waals surface area contributed by atoms with Crippen molar-refractivity contribution in [1.29, 1.82) is 0 Å². The van der Waals surface area contributed by atoms with Crippen LogP contribution in [-0.2, 0) is 13.5 Å². The van der Waals surface area contributed by atoms with Crippen molar-refractivity contribution in [3.05, 3.63) is 5.82 Å². The van der Waals surface area contributed by atoms with Gasteiger partial charge in [0.15, 0.2) is 0 Å². The molecule has 0 aliphatic heterocycles. The number of rotatable bonds is 5. The Morgan fingerprint density at radius 1 is 1.31 bits per heavy atom. The van der Waals surface area contributed by atoms with Crippen molar-refractivity contribution in [2.45, 2.75) is 39.2 Å². The molecule has 1 rings (SSSR count). The normalized spacial score (nSPS) is 11.8. The molecule has 0 radical (unpaired) electrons. The highest BCUT2D eigenvalue weighted by atomic mass is 15.4. The Morgan fingerprint density at radius 3 is 2.56 bits per heavy atom. The number of nitrogens with zero attached hydrogens (tertiary/aromatic N) is 3. The molecule has 1 heterocycles. The quantitative estimate of drug-likeness (QED) is 0.739. The minimum atomic E-state index is 0.00357. The van der Waals surface area contributed by atoms with Crippen molar-refractivity contribution in [3.8, 4) is 0 Å². The van der Waals surface area contributed by atoms with Gasteiger partial charge in [-0.25, -0.2) is 0 Å². The maximum Gasteiger partial charge on any atom is 0.242 e. The highest BCUT2D eigenvalue weighted by Crippen LogP contribution is 2.11. The number of anilines is 1. The highest BCUT2D eigenvalue weighted by molar-refractivity contribution is 5.27. The molecule has 0 saturated heterocycles. The van der Waals surface area contributed by atoms with Crippen molar-refractivity contribution in [1.82, 2.24) is 20.1 Å². The molecule has 0 unspecified atom stereocenters. The molecule has 0 bridgehead atoms. The van der Waals surface area contributed by atoms with E-state index in [-0.39, 0.29) is 5.54 Å². The smallest absolute Gasteiger partial charge is 0.242 e. The predicted octanol–water partition coefficient (Wildman–Crippen LogP) is 1.18. The van der Waals surface area contributed by atoms with Crippen LogP contribution in [0.1, 0.15) is 33.0 Å². The molecule has 1 aromatic rings. The molecule has 0 spiro atoms. The van der Waals surface area contributed by atoms with E-state index in [0.29, 0.717) is 0 Å². The second-order valence-corrected chi connectivity index (χ2v) is 5.06. The first-order valence-electron chi connectivity index (χ1n) is 5.75. The van der Waals surface area contributed by atoms with Crippen LogP contribution in [0.5, 0.6) is 0 Å². The molecule has 5 heteroatoms. The average Bonchev–Trinajstić information content (AvgIpc) is 2.44. The van der Waals surface area contributed by atoms with Gasteiger partial charge >= 0.3 is 0 Å². The zero-order valence-corrected chi connectivity index (χ0v) is 11.0. The number of aryl methyl sites for hydroxylation is 2. The molecule has 0 atom stereocenters. The molecular formula is C11H23N5. The first-order valence-corrected chi connectivity index (χ1v) is 5.75. The van der Waals surface area contributed by atoms with Crippen molar-refractivity contribution in [2.75, 3.05) is 18.9 Å². The van der Waals surface area contributed by atoms with Crippen LogP contribution in [0, 0.1) is 0 Å². The maximum absolute atomic E-state index is 4.48. The second-order valence-electron chi connectivity index (χ2n) is 5.06. The predicted molar refractivity (Wildman–Crippen MR) is 66.6 cm³/mol.